The summed E-state index contributed by atoms with van der Waals surface area (Å²) in [6.45, 7) is 5.74. The standard InChI is InChI=1S/C19H24N4O3/c1-3-9-22-12-16(14(2)20-22)18(24)21-10-11-23(17(13-21)19(25)26)15-7-5-4-6-8-15/h4-8,12,17H,3,9-11,13H2,1-2H3,(H,25,26)/t17-/m0/s1. The Balaban J connectivity index is 1.79. The van der Waals surface area contributed by atoms with E-state index in [0.29, 0.717) is 24.3 Å². The van der Waals surface area contributed by atoms with Crippen molar-refractivity contribution in [2.45, 2.75) is 32.9 Å². The van der Waals surface area contributed by atoms with Crippen LogP contribution in [-0.4, -0.2) is 57.3 Å². The average Bonchev–Trinajstić information content (AvgIpc) is 3.02. The molecule has 0 aliphatic carbocycles. The minimum Gasteiger partial charge on any atom is -0.480 e. The summed E-state index contributed by atoms with van der Waals surface area (Å²) in [4.78, 5) is 28.2. The molecule has 26 heavy (non-hydrogen) atoms. The number of rotatable bonds is 5. The predicted octanol–water partition coefficient (Wildman–Crippen LogP) is 2.02. The number of carboxylic acids is 1. The summed E-state index contributed by atoms with van der Waals surface area (Å²) in [5.41, 5.74) is 2.09. The van der Waals surface area contributed by atoms with Crippen LogP contribution in [0.2, 0.25) is 0 Å². The summed E-state index contributed by atoms with van der Waals surface area (Å²) in [6, 6.07) is 8.70. The zero-order valence-corrected chi connectivity index (χ0v) is 15.1. The second-order valence-electron chi connectivity index (χ2n) is 6.53. The van der Waals surface area contributed by atoms with E-state index in [4.69, 9.17) is 0 Å². The Morgan fingerprint density at radius 3 is 2.62 bits per heavy atom. The van der Waals surface area contributed by atoms with Crippen molar-refractivity contribution in [1.82, 2.24) is 14.7 Å². The highest BCUT2D eigenvalue weighted by Crippen LogP contribution is 2.22. The molecule has 7 nitrogen and oxygen atoms in total. The van der Waals surface area contributed by atoms with E-state index in [1.807, 2.05) is 42.2 Å². The molecule has 0 saturated carbocycles. The molecule has 2 heterocycles. The number of benzene rings is 1. The lowest BCUT2D eigenvalue weighted by atomic mass is 10.1. The smallest absolute Gasteiger partial charge is 0.328 e. The minimum atomic E-state index is -0.926. The highest BCUT2D eigenvalue weighted by atomic mass is 16.4. The molecule has 2 aromatic rings. The van der Waals surface area contributed by atoms with Crippen LogP contribution in [0.1, 0.15) is 29.4 Å². The number of hydrogen-bond acceptors (Lipinski definition) is 4. The van der Waals surface area contributed by atoms with Gasteiger partial charge in [0, 0.05) is 31.5 Å². The van der Waals surface area contributed by atoms with Crippen molar-refractivity contribution < 1.29 is 14.7 Å². The van der Waals surface area contributed by atoms with Gasteiger partial charge in [0.25, 0.3) is 5.91 Å². The predicted molar refractivity (Wildman–Crippen MR) is 98.4 cm³/mol. The first-order valence-electron chi connectivity index (χ1n) is 8.89. The molecule has 1 aromatic carbocycles. The number of carbonyl (C=O) groups is 2. The number of aryl methyl sites for hydroxylation is 2. The third-order valence-electron chi connectivity index (χ3n) is 4.67. The average molecular weight is 356 g/mol. The van der Waals surface area contributed by atoms with E-state index in [-0.39, 0.29) is 12.5 Å². The number of carbonyl (C=O) groups excluding carboxylic acids is 1. The van der Waals surface area contributed by atoms with Crippen LogP contribution in [0.5, 0.6) is 0 Å². The Morgan fingerprint density at radius 1 is 1.23 bits per heavy atom. The highest BCUT2D eigenvalue weighted by Gasteiger charge is 2.35. The van der Waals surface area contributed by atoms with Crippen LogP contribution < -0.4 is 4.90 Å². The molecular formula is C19H24N4O3. The van der Waals surface area contributed by atoms with Gasteiger partial charge in [0.2, 0.25) is 0 Å². The van der Waals surface area contributed by atoms with E-state index >= 15 is 0 Å². The number of aromatic nitrogens is 2. The molecule has 7 heteroatoms. The summed E-state index contributed by atoms with van der Waals surface area (Å²) in [5.74, 6) is -1.08. The van der Waals surface area contributed by atoms with Crippen molar-refractivity contribution in [2.75, 3.05) is 24.5 Å². The lowest BCUT2D eigenvalue weighted by Crippen LogP contribution is -2.58. The van der Waals surface area contributed by atoms with Crippen LogP contribution in [0, 0.1) is 6.92 Å². The number of aliphatic carboxylic acids is 1. The Hall–Kier alpha value is -2.83. The molecule has 0 unspecified atom stereocenters. The van der Waals surface area contributed by atoms with Gasteiger partial charge in [0.1, 0.15) is 6.04 Å². The molecular weight excluding hydrogens is 332 g/mol. The maximum absolute atomic E-state index is 12.9. The van der Waals surface area contributed by atoms with Crippen LogP contribution in [0.15, 0.2) is 36.5 Å². The fourth-order valence-corrected chi connectivity index (χ4v) is 3.35. The molecule has 3 rings (SSSR count). The van der Waals surface area contributed by atoms with Gasteiger partial charge in [-0.2, -0.15) is 5.10 Å². The SMILES string of the molecule is CCCn1cc(C(=O)N2CCN(c3ccccc3)[C@H](C(=O)O)C2)c(C)n1. The quantitative estimate of drug-likeness (QED) is 0.887. The van der Waals surface area contributed by atoms with Crippen LogP contribution in [0.3, 0.4) is 0 Å². The molecule has 1 aliphatic heterocycles. The molecule has 0 radical (unpaired) electrons. The van der Waals surface area contributed by atoms with Gasteiger partial charge in [-0.15, -0.1) is 0 Å². The van der Waals surface area contributed by atoms with Crippen molar-refractivity contribution in [3.8, 4) is 0 Å². The van der Waals surface area contributed by atoms with Gasteiger partial charge < -0.3 is 14.9 Å². The molecule has 138 valence electrons. The number of hydrogen-bond donors (Lipinski definition) is 1. The number of nitrogens with zero attached hydrogens (tertiary/aromatic N) is 4. The van der Waals surface area contributed by atoms with E-state index in [1.54, 1.807) is 15.8 Å². The second kappa shape index (κ2) is 7.59. The van der Waals surface area contributed by atoms with Gasteiger partial charge in [0.15, 0.2) is 0 Å². The first kappa shape index (κ1) is 18.0. The van der Waals surface area contributed by atoms with E-state index in [2.05, 4.69) is 12.0 Å². The molecule has 1 aliphatic rings. The zero-order valence-electron chi connectivity index (χ0n) is 15.1. The van der Waals surface area contributed by atoms with Crippen LogP contribution in [0.25, 0.3) is 0 Å². The molecule has 1 saturated heterocycles. The van der Waals surface area contributed by atoms with Crippen molar-refractivity contribution >= 4 is 17.6 Å². The third kappa shape index (κ3) is 3.56. The van der Waals surface area contributed by atoms with E-state index in [1.165, 1.54) is 0 Å². The van der Waals surface area contributed by atoms with Gasteiger partial charge in [-0.3, -0.25) is 9.48 Å². The van der Waals surface area contributed by atoms with Gasteiger partial charge in [0.05, 0.1) is 17.8 Å². The van der Waals surface area contributed by atoms with Gasteiger partial charge >= 0.3 is 5.97 Å². The largest absolute Gasteiger partial charge is 0.480 e. The molecule has 1 aromatic heterocycles. The Bertz CT molecular complexity index is 787. The molecule has 0 spiro atoms. The van der Waals surface area contributed by atoms with E-state index in [0.717, 1.165) is 18.7 Å². The van der Waals surface area contributed by atoms with Gasteiger partial charge in [-0.25, -0.2) is 4.79 Å². The molecule has 1 amide bonds. The van der Waals surface area contributed by atoms with Crippen molar-refractivity contribution in [2.24, 2.45) is 0 Å². The maximum atomic E-state index is 12.9. The molecule has 0 bridgehead atoms. The molecule has 1 atom stereocenters. The van der Waals surface area contributed by atoms with Gasteiger partial charge in [-0.1, -0.05) is 25.1 Å². The zero-order chi connectivity index (χ0) is 18.7. The summed E-state index contributed by atoms with van der Waals surface area (Å²) in [5, 5.41) is 14.0. The second-order valence-corrected chi connectivity index (χ2v) is 6.53. The summed E-state index contributed by atoms with van der Waals surface area (Å²) < 4.78 is 1.78. The van der Waals surface area contributed by atoms with E-state index < -0.39 is 12.0 Å². The number of carboxylic acid groups (broad SMARTS) is 1. The number of para-hydroxylation sites is 1. The number of anilines is 1. The highest BCUT2D eigenvalue weighted by molar-refractivity contribution is 5.95. The fraction of sp³-hybridized carbons (Fsp3) is 0.421. The van der Waals surface area contributed by atoms with E-state index in [9.17, 15) is 14.7 Å². The summed E-state index contributed by atoms with van der Waals surface area (Å²) >= 11 is 0. The Labute approximate surface area is 152 Å². The van der Waals surface area contributed by atoms with Crippen LogP contribution in [-0.2, 0) is 11.3 Å². The van der Waals surface area contributed by atoms with Crippen molar-refractivity contribution in [3.63, 3.8) is 0 Å². The first-order valence-corrected chi connectivity index (χ1v) is 8.89. The lowest BCUT2D eigenvalue weighted by molar-refractivity contribution is -0.139. The monoisotopic (exact) mass is 356 g/mol. The summed E-state index contributed by atoms with van der Waals surface area (Å²) in [7, 11) is 0. The Kier molecular flexibility index (Phi) is 5.25. The molecule has 1 N–H and O–H groups in total. The summed E-state index contributed by atoms with van der Waals surface area (Å²) in [6.07, 6.45) is 2.70. The van der Waals surface area contributed by atoms with Crippen LogP contribution in [0.4, 0.5) is 5.69 Å². The number of amides is 1. The van der Waals surface area contributed by atoms with Crippen molar-refractivity contribution in [1.29, 1.82) is 0 Å². The Morgan fingerprint density at radius 2 is 1.96 bits per heavy atom. The number of piperazine rings is 1. The molecule has 1 fully saturated rings. The topological polar surface area (TPSA) is 78.7 Å². The normalized spacial score (nSPS) is 17.4. The maximum Gasteiger partial charge on any atom is 0.328 e. The van der Waals surface area contributed by atoms with Crippen molar-refractivity contribution in [3.05, 3.63) is 47.8 Å². The van der Waals surface area contributed by atoms with Gasteiger partial charge in [-0.05, 0) is 25.5 Å². The fourth-order valence-electron chi connectivity index (χ4n) is 3.35. The first-order chi connectivity index (χ1) is 12.5. The lowest BCUT2D eigenvalue weighted by Gasteiger charge is -2.40. The minimum absolute atomic E-state index is 0.149. The van der Waals surface area contributed by atoms with Crippen LogP contribution >= 0.6 is 0 Å². The third-order valence-corrected chi connectivity index (χ3v) is 4.67.